The molecule has 2 aromatic rings. The molecule has 5 nitrogen and oxygen atoms in total. The summed E-state index contributed by atoms with van der Waals surface area (Å²) in [6.45, 7) is 0. The summed E-state index contributed by atoms with van der Waals surface area (Å²) in [6.07, 6.45) is 0.264. The molecule has 23 heavy (non-hydrogen) atoms. The van der Waals surface area contributed by atoms with Gasteiger partial charge in [0.15, 0.2) is 0 Å². The Labute approximate surface area is 160 Å². The fourth-order valence-corrected chi connectivity index (χ4v) is 3.92. The quantitative estimate of drug-likeness (QED) is 0.513. The van der Waals surface area contributed by atoms with Crippen molar-refractivity contribution in [2.24, 2.45) is 5.73 Å². The number of benzene rings is 2. The van der Waals surface area contributed by atoms with Crippen molar-refractivity contribution in [3.8, 4) is 5.75 Å². The van der Waals surface area contributed by atoms with Crippen molar-refractivity contribution in [3.05, 3.63) is 60.7 Å². The zero-order valence-electron chi connectivity index (χ0n) is 11.9. The number of nitrogens with one attached hydrogen (secondary N) is 1. The molecule has 0 spiro atoms. The number of aromatic hydroxyl groups is 1. The molecule has 7 heteroatoms. The molecule has 0 heterocycles. The predicted molar refractivity (Wildman–Crippen MR) is 104 cm³/mol. The van der Waals surface area contributed by atoms with E-state index in [1.54, 1.807) is 36.4 Å². The van der Waals surface area contributed by atoms with Gasteiger partial charge >= 0.3 is 0 Å². The van der Waals surface area contributed by atoms with Gasteiger partial charge in [-0.25, -0.2) is 0 Å². The molecule has 1 atom stereocenters. The minimum absolute atomic E-state index is 0.207. The molecule has 0 bridgehead atoms. The second-order valence-electron chi connectivity index (χ2n) is 4.91. The van der Waals surface area contributed by atoms with Crippen molar-refractivity contribution >= 4 is 57.0 Å². The summed E-state index contributed by atoms with van der Waals surface area (Å²) in [5.74, 6) is -0.746. The lowest BCUT2D eigenvalue weighted by molar-refractivity contribution is -0.119. The molecule has 2 aromatic carbocycles. The van der Waals surface area contributed by atoms with Crippen LogP contribution in [-0.4, -0.2) is 23.0 Å². The molecule has 0 aliphatic rings. The third-order valence-electron chi connectivity index (χ3n) is 3.20. The molecule has 120 valence electrons. The number of primary amides is 1. The van der Waals surface area contributed by atoms with Crippen LogP contribution in [0.2, 0.25) is 0 Å². The topological polar surface area (TPSA) is 92.4 Å². The lowest BCUT2D eigenvalue weighted by Gasteiger charge is -2.16. The summed E-state index contributed by atoms with van der Waals surface area (Å²) in [7, 11) is 0. The van der Waals surface area contributed by atoms with Crippen molar-refractivity contribution in [3.63, 3.8) is 0 Å². The van der Waals surface area contributed by atoms with Crippen molar-refractivity contribution in [1.82, 2.24) is 5.32 Å². The number of carbonyl (C=O) groups excluding carboxylic acids is 2. The highest BCUT2D eigenvalue weighted by molar-refractivity contribution is 14.1. The minimum atomic E-state index is -0.821. The van der Waals surface area contributed by atoms with Crippen LogP contribution >= 0.6 is 45.2 Å². The van der Waals surface area contributed by atoms with Crippen LogP contribution in [0.3, 0.4) is 0 Å². The monoisotopic (exact) mass is 536 g/mol. The van der Waals surface area contributed by atoms with Crippen LogP contribution in [0.5, 0.6) is 5.75 Å². The van der Waals surface area contributed by atoms with E-state index in [2.05, 4.69) is 5.32 Å². The first-order valence-corrected chi connectivity index (χ1v) is 8.86. The zero-order chi connectivity index (χ0) is 17.0. The van der Waals surface area contributed by atoms with Crippen LogP contribution in [0, 0.1) is 7.14 Å². The lowest BCUT2D eigenvalue weighted by Crippen LogP contribution is -2.45. The SMILES string of the molecule is NC(=O)C(Cc1cc(I)c(O)c(I)c1)NC(=O)c1ccccc1. The molecule has 0 aromatic heterocycles. The predicted octanol–water partition coefficient (Wildman–Crippen LogP) is 2.43. The molecule has 0 fully saturated rings. The number of carbonyl (C=O) groups is 2. The molecule has 1 unspecified atom stereocenters. The van der Waals surface area contributed by atoms with Crippen molar-refractivity contribution in [2.45, 2.75) is 12.5 Å². The molecule has 2 rings (SSSR count). The van der Waals surface area contributed by atoms with Gasteiger partial charge in [-0.05, 0) is 75.0 Å². The van der Waals surface area contributed by atoms with Crippen LogP contribution < -0.4 is 11.1 Å². The maximum absolute atomic E-state index is 12.2. The Hall–Kier alpha value is -1.36. The maximum atomic E-state index is 12.2. The van der Waals surface area contributed by atoms with Crippen LogP contribution in [0.4, 0.5) is 0 Å². The van der Waals surface area contributed by atoms with Gasteiger partial charge in [-0.3, -0.25) is 9.59 Å². The van der Waals surface area contributed by atoms with Gasteiger partial charge in [0, 0.05) is 12.0 Å². The van der Waals surface area contributed by atoms with Crippen molar-refractivity contribution < 1.29 is 14.7 Å². The fraction of sp³-hybridized carbons (Fsp3) is 0.125. The maximum Gasteiger partial charge on any atom is 0.251 e. The van der Waals surface area contributed by atoms with E-state index in [1.807, 2.05) is 51.2 Å². The third-order valence-corrected chi connectivity index (χ3v) is 4.85. The highest BCUT2D eigenvalue weighted by Crippen LogP contribution is 2.27. The Morgan fingerprint density at radius 1 is 1.13 bits per heavy atom. The number of nitrogens with two attached hydrogens (primary N) is 1. The van der Waals surface area contributed by atoms with Crippen LogP contribution in [0.1, 0.15) is 15.9 Å². The van der Waals surface area contributed by atoms with E-state index in [-0.39, 0.29) is 18.1 Å². The summed E-state index contributed by atoms with van der Waals surface area (Å²) >= 11 is 4.03. The van der Waals surface area contributed by atoms with E-state index in [0.717, 1.165) is 5.56 Å². The smallest absolute Gasteiger partial charge is 0.251 e. The van der Waals surface area contributed by atoms with Crippen LogP contribution in [-0.2, 0) is 11.2 Å². The van der Waals surface area contributed by atoms with Crippen molar-refractivity contribution in [2.75, 3.05) is 0 Å². The molecular formula is C16H14I2N2O3. The first kappa shape index (κ1) is 18.0. The van der Waals surface area contributed by atoms with Gasteiger partial charge in [-0.1, -0.05) is 18.2 Å². The Morgan fingerprint density at radius 2 is 1.70 bits per heavy atom. The second-order valence-corrected chi connectivity index (χ2v) is 7.23. The molecule has 0 aliphatic carbocycles. The van der Waals surface area contributed by atoms with Gasteiger partial charge in [0.25, 0.3) is 5.91 Å². The van der Waals surface area contributed by atoms with Crippen LogP contribution in [0.25, 0.3) is 0 Å². The number of rotatable bonds is 5. The lowest BCUT2D eigenvalue weighted by atomic mass is 10.0. The number of phenols is 1. The number of amides is 2. The number of hydrogen-bond acceptors (Lipinski definition) is 3. The Bertz CT molecular complexity index is 712. The van der Waals surface area contributed by atoms with Gasteiger partial charge in [0.05, 0.1) is 7.14 Å². The number of phenolic OH excluding ortho intramolecular Hbond substituents is 1. The summed E-state index contributed by atoms with van der Waals surface area (Å²) in [4.78, 5) is 23.8. The fourth-order valence-electron chi connectivity index (χ4n) is 2.03. The Kier molecular flexibility index (Phi) is 6.22. The van der Waals surface area contributed by atoms with Gasteiger partial charge in [0.1, 0.15) is 11.8 Å². The molecule has 0 aliphatic heterocycles. The molecule has 4 N–H and O–H groups in total. The van der Waals surface area contributed by atoms with Crippen LogP contribution in [0.15, 0.2) is 42.5 Å². The molecule has 2 amide bonds. The van der Waals surface area contributed by atoms with E-state index in [9.17, 15) is 14.7 Å². The summed E-state index contributed by atoms with van der Waals surface area (Å²) in [6, 6.07) is 11.4. The summed E-state index contributed by atoms with van der Waals surface area (Å²) in [5, 5.41) is 12.4. The third kappa shape index (κ3) is 4.80. The Balaban J connectivity index is 2.17. The van der Waals surface area contributed by atoms with Crippen molar-refractivity contribution in [1.29, 1.82) is 0 Å². The number of hydrogen-bond donors (Lipinski definition) is 3. The standard InChI is InChI=1S/C16H14I2N2O3/c17-11-6-9(7-12(18)14(11)21)8-13(15(19)22)20-16(23)10-4-2-1-3-5-10/h1-7,13,21H,8H2,(H2,19,22)(H,20,23). The van der Waals surface area contributed by atoms with E-state index in [1.165, 1.54) is 0 Å². The molecule has 0 saturated heterocycles. The second kappa shape index (κ2) is 7.95. The highest BCUT2D eigenvalue weighted by atomic mass is 127. The average molecular weight is 536 g/mol. The average Bonchev–Trinajstić information content (AvgIpc) is 2.52. The Morgan fingerprint density at radius 3 is 2.22 bits per heavy atom. The molecule has 0 saturated carbocycles. The van der Waals surface area contributed by atoms with E-state index in [0.29, 0.717) is 12.7 Å². The van der Waals surface area contributed by atoms with Gasteiger partial charge in [-0.15, -0.1) is 0 Å². The number of halogens is 2. The summed E-state index contributed by atoms with van der Waals surface area (Å²) < 4.78 is 1.37. The molecular weight excluding hydrogens is 522 g/mol. The van der Waals surface area contributed by atoms with E-state index < -0.39 is 11.9 Å². The molecule has 0 radical (unpaired) electrons. The van der Waals surface area contributed by atoms with E-state index >= 15 is 0 Å². The van der Waals surface area contributed by atoms with Gasteiger partial charge in [0.2, 0.25) is 5.91 Å². The summed E-state index contributed by atoms with van der Waals surface area (Å²) in [5.41, 5.74) is 6.69. The normalized spacial score (nSPS) is 11.7. The van der Waals surface area contributed by atoms with E-state index in [4.69, 9.17) is 5.73 Å². The highest BCUT2D eigenvalue weighted by Gasteiger charge is 2.20. The first-order valence-electron chi connectivity index (χ1n) is 6.70. The largest absolute Gasteiger partial charge is 0.506 e. The van der Waals surface area contributed by atoms with Gasteiger partial charge < -0.3 is 16.2 Å². The zero-order valence-corrected chi connectivity index (χ0v) is 16.2. The van der Waals surface area contributed by atoms with Gasteiger partial charge in [-0.2, -0.15) is 0 Å². The first-order chi connectivity index (χ1) is 10.9. The minimum Gasteiger partial charge on any atom is -0.506 e.